The van der Waals surface area contributed by atoms with Gasteiger partial charge in [0.15, 0.2) is 0 Å². The van der Waals surface area contributed by atoms with Gasteiger partial charge in [0.05, 0.1) is 12.3 Å². The molecular formula is C57H44N2. The first-order valence-corrected chi connectivity index (χ1v) is 20.4. The summed E-state index contributed by atoms with van der Waals surface area (Å²) in [5.41, 5.74) is 24.3. The van der Waals surface area contributed by atoms with E-state index in [1.54, 1.807) is 0 Å². The lowest BCUT2D eigenvalue weighted by atomic mass is 9.78. The van der Waals surface area contributed by atoms with Crippen molar-refractivity contribution in [2.75, 3.05) is 0 Å². The molecule has 2 nitrogen and oxygen atoms in total. The standard InChI is InChI=1S/C57H44N2/c1-57(2)52-35-32-40-20-9-10-22-45(40)55(52)51-27-15-26-46(56(51)57)42-30-28-41(29-31-42)44-33-34-49(48-24-13-12-23-47(44)48)53(58)36-54(59-37-38-16-5-3-6-17-38)50-25-14-11-21-43(50)39-18-7-4-8-19-39/h3-36H,37,58H2,1-2H3/b53-36-,59-54?. The van der Waals surface area contributed by atoms with Crippen molar-refractivity contribution in [3.05, 3.63) is 234 Å². The third-order valence-electron chi connectivity index (χ3n) is 12.2. The van der Waals surface area contributed by atoms with Crippen LogP contribution in [0.4, 0.5) is 0 Å². The van der Waals surface area contributed by atoms with Crippen LogP contribution in [0.3, 0.4) is 0 Å². The molecule has 0 fully saturated rings. The highest BCUT2D eigenvalue weighted by Crippen LogP contribution is 2.54. The van der Waals surface area contributed by atoms with E-state index in [1.165, 1.54) is 55.3 Å². The van der Waals surface area contributed by atoms with Crippen molar-refractivity contribution < 1.29 is 0 Å². The topological polar surface area (TPSA) is 38.4 Å². The summed E-state index contributed by atoms with van der Waals surface area (Å²) in [6, 6.07) is 71.7. The maximum Gasteiger partial charge on any atom is 0.0677 e. The lowest BCUT2D eigenvalue weighted by Crippen LogP contribution is -2.16. The minimum absolute atomic E-state index is 0.126. The molecule has 59 heavy (non-hydrogen) atoms. The van der Waals surface area contributed by atoms with Crippen LogP contribution < -0.4 is 5.73 Å². The van der Waals surface area contributed by atoms with E-state index >= 15 is 0 Å². The molecular weight excluding hydrogens is 713 g/mol. The lowest BCUT2D eigenvalue weighted by molar-refractivity contribution is 0.662. The molecule has 9 aromatic carbocycles. The molecule has 0 aliphatic heterocycles. The third-order valence-corrected chi connectivity index (χ3v) is 12.2. The number of nitrogens with two attached hydrogens (primary N) is 1. The van der Waals surface area contributed by atoms with Gasteiger partial charge in [0.1, 0.15) is 0 Å². The van der Waals surface area contributed by atoms with Crippen LogP contribution >= 0.6 is 0 Å². The van der Waals surface area contributed by atoms with E-state index < -0.39 is 0 Å². The van der Waals surface area contributed by atoms with Crippen LogP contribution in [0.2, 0.25) is 0 Å². The van der Waals surface area contributed by atoms with E-state index in [4.69, 9.17) is 10.7 Å². The molecule has 9 aromatic rings. The van der Waals surface area contributed by atoms with Crippen LogP contribution in [-0.2, 0) is 12.0 Å². The predicted octanol–water partition coefficient (Wildman–Crippen LogP) is 14.3. The number of aliphatic imine (C=N–C) groups is 1. The second kappa shape index (κ2) is 14.9. The molecule has 0 saturated heterocycles. The molecule has 0 amide bonds. The molecule has 10 rings (SSSR count). The Morgan fingerprint density at radius 1 is 0.475 bits per heavy atom. The van der Waals surface area contributed by atoms with Gasteiger partial charge in [0, 0.05) is 22.2 Å². The number of hydrogen-bond donors (Lipinski definition) is 1. The van der Waals surface area contributed by atoms with Crippen molar-refractivity contribution in [2.24, 2.45) is 10.7 Å². The zero-order valence-corrected chi connectivity index (χ0v) is 33.4. The van der Waals surface area contributed by atoms with E-state index in [1.807, 2.05) is 12.1 Å². The Morgan fingerprint density at radius 2 is 1.07 bits per heavy atom. The Morgan fingerprint density at radius 3 is 1.85 bits per heavy atom. The van der Waals surface area contributed by atoms with E-state index in [0.717, 1.165) is 44.3 Å². The number of fused-ring (bicyclic) bond motifs is 6. The molecule has 0 spiro atoms. The zero-order chi connectivity index (χ0) is 39.9. The number of hydrogen-bond acceptors (Lipinski definition) is 2. The maximum atomic E-state index is 7.14. The highest BCUT2D eigenvalue weighted by Gasteiger charge is 2.38. The van der Waals surface area contributed by atoms with Crippen molar-refractivity contribution in [3.63, 3.8) is 0 Å². The highest BCUT2D eigenvalue weighted by atomic mass is 14.7. The van der Waals surface area contributed by atoms with Crippen molar-refractivity contribution >= 4 is 33.0 Å². The van der Waals surface area contributed by atoms with E-state index in [-0.39, 0.29) is 5.41 Å². The SMILES string of the molecule is CC1(C)c2ccc3ccccc3c2-c2cccc(-c3ccc(-c4ccc(/C(N)=C/C(=NCc5ccccc5)c5ccccc5-c5ccccc5)c5ccccc45)cc3)c21. The van der Waals surface area contributed by atoms with Gasteiger partial charge < -0.3 is 5.73 Å². The molecule has 0 atom stereocenters. The summed E-state index contributed by atoms with van der Waals surface area (Å²) in [7, 11) is 0. The molecule has 2 N–H and O–H groups in total. The van der Waals surface area contributed by atoms with Gasteiger partial charge in [-0.15, -0.1) is 0 Å². The summed E-state index contributed by atoms with van der Waals surface area (Å²) in [6.45, 7) is 5.29. The minimum atomic E-state index is -0.126. The average Bonchev–Trinajstić information content (AvgIpc) is 3.54. The molecule has 0 aromatic heterocycles. The fourth-order valence-corrected chi connectivity index (χ4v) is 9.29. The molecule has 0 heterocycles. The summed E-state index contributed by atoms with van der Waals surface area (Å²) >= 11 is 0. The Bertz CT molecular complexity index is 3080. The second-order valence-corrected chi connectivity index (χ2v) is 16.0. The molecule has 0 saturated carbocycles. The van der Waals surface area contributed by atoms with Gasteiger partial charge >= 0.3 is 0 Å². The second-order valence-electron chi connectivity index (χ2n) is 16.0. The maximum absolute atomic E-state index is 7.14. The minimum Gasteiger partial charge on any atom is -0.398 e. The molecule has 1 aliphatic rings. The molecule has 0 radical (unpaired) electrons. The van der Waals surface area contributed by atoms with Crippen LogP contribution in [0.25, 0.3) is 71.7 Å². The largest absolute Gasteiger partial charge is 0.398 e. The smallest absolute Gasteiger partial charge is 0.0677 e. The Labute approximate surface area is 346 Å². The van der Waals surface area contributed by atoms with E-state index in [2.05, 4.69) is 208 Å². The van der Waals surface area contributed by atoms with Gasteiger partial charge in [-0.1, -0.05) is 214 Å². The number of nitrogens with zero attached hydrogens (tertiary/aromatic N) is 1. The normalized spacial score (nSPS) is 13.4. The Kier molecular flexibility index (Phi) is 9.11. The summed E-state index contributed by atoms with van der Waals surface area (Å²) in [5.74, 6) is 0. The zero-order valence-electron chi connectivity index (χ0n) is 33.4. The van der Waals surface area contributed by atoms with Crippen LogP contribution in [0.1, 0.15) is 41.7 Å². The van der Waals surface area contributed by atoms with E-state index in [9.17, 15) is 0 Å². The molecule has 1 aliphatic carbocycles. The summed E-state index contributed by atoms with van der Waals surface area (Å²) in [4.78, 5) is 5.21. The third kappa shape index (κ3) is 6.44. The van der Waals surface area contributed by atoms with Crippen LogP contribution in [0, 0.1) is 0 Å². The average molecular weight is 757 g/mol. The number of rotatable bonds is 8. The lowest BCUT2D eigenvalue weighted by Gasteiger charge is -2.24. The first-order valence-electron chi connectivity index (χ1n) is 20.4. The van der Waals surface area contributed by atoms with Gasteiger partial charge in [0.25, 0.3) is 0 Å². The Balaban J connectivity index is 1.03. The molecule has 2 heteroatoms. The van der Waals surface area contributed by atoms with Gasteiger partial charge in [-0.3, -0.25) is 4.99 Å². The summed E-state index contributed by atoms with van der Waals surface area (Å²) in [6.07, 6.45) is 2.06. The first kappa shape index (κ1) is 36.1. The number of benzene rings is 9. The summed E-state index contributed by atoms with van der Waals surface area (Å²) < 4.78 is 0. The van der Waals surface area contributed by atoms with Crippen molar-refractivity contribution in [1.29, 1.82) is 0 Å². The van der Waals surface area contributed by atoms with Gasteiger partial charge in [0.2, 0.25) is 0 Å². The fourth-order valence-electron chi connectivity index (χ4n) is 9.29. The predicted molar refractivity (Wildman–Crippen MR) is 251 cm³/mol. The van der Waals surface area contributed by atoms with Crippen LogP contribution in [0.5, 0.6) is 0 Å². The monoisotopic (exact) mass is 756 g/mol. The molecule has 0 unspecified atom stereocenters. The van der Waals surface area contributed by atoms with E-state index in [0.29, 0.717) is 12.2 Å². The highest BCUT2D eigenvalue weighted by molar-refractivity contribution is 6.16. The van der Waals surface area contributed by atoms with Crippen LogP contribution in [0.15, 0.2) is 211 Å². The molecule has 0 bridgehead atoms. The van der Waals surface area contributed by atoms with Crippen molar-refractivity contribution in [3.8, 4) is 44.5 Å². The van der Waals surface area contributed by atoms with Gasteiger partial charge in [-0.25, -0.2) is 0 Å². The van der Waals surface area contributed by atoms with Crippen molar-refractivity contribution in [1.82, 2.24) is 0 Å². The first-order chi connectivity index (χ1) is 29.0. The summed E-state index contributed by atoms with van der Waals surface area (Å²) in [5, 5.41) is 4.87. The van der Waals surface area contributed by atoms with Crippen molar-refractivity contribution in [2.45, 2.75) is 25.8 Å². The van der Waals surface area contributed by atoms with Gasteiger partial charge in [-0.05, 0) is 88.8 Å². The quantitative estimate of drug-likeness (QED) is 0.154. The fraction of sp³-hybridized carbons (Fsp3) is 0.0702. The van der Waals surface area contributed by atoms with Gasteiger partial charge in [-0.2, -0.15) is 0 Å². The van der Waals surface area contributed by atoms with Crippen LogP contribution in [-0.4, -0.2) is 5.71 Å². The Hall–Kier alpha value is -7.29. The number of allylic oxidation sites excluding steroid dienone is 1. The molecule has 282 valence electrons.